The highest BCUT2D eigenvalue weighted by Crippen LogP contribution is 2.13. The molecule has 1 aromatic carbocycles. The molecule has 1 aromatic rings. The van der Waals surface area contributed by atoms with Gasteiger partial charge >= 0.3 is 0 Å². The van der Waals surface area contributed by atoms with Crippen LogP contribution in [-0.4, -0.2) is 43.2 Å². The van der Waals surface area contributed by atoms with Gasteiger partial charge in [0.15, 0.2) is 6.04 Å². The van der Waals surface area contributed by atoms with Crippen molar-refractivity contribution < 1.29 is 19.6 Å². The lowest BCUT2D eigenvalue weighted by Gasteiger charge is -2.24. The molecule has 4 N–H and O–H groups in total. The zero-order chi connectivity index (χ0) is 16.9. The minimum absolute atomic E-state index is 0.0794. The Kier molecular flexibility index (Phi) is 5.48. The van der Waals surface area contributed by atoms with E-state index in [1.165, 1.54) is 11.1 Å². The third-order valence-electron chi connectivity index (χ3n) is 4.80. The molecule has 130 valence electrons. The van der Waals surface area contributed by atoms with Crippen LogP contribution in [0.4, 0.5) is 0 Å². The van der Waals surface area contributed by atoms with Gasteiger partial charge in [-0.15, -0.1) is 0 Å². The minimum atomic E-state index is -0.538. The van der Waals surface area contributed by atoms with Gasteiger partial charge in [-0.2, -0.15) is 0 Å². The summed E-state index contributed by atoms with van der Waals surface area (Å²) in [6.07, 6.45) is 2.84. The van der Waals surface area contributed by atoms with E-state index in [0.717, 1.165) is 26.0 Å². The average molecular weight is 332 g/mol. The van der Waals surface area contributed by atoms with E-state index in [1.807, 2.05) is 17.4 Å². The highest BCUT2D eigenvalue weighted by molar-refractivity contribution is 5.89. The van der Waals surface area contributed by atoms with Crippen LogP contribution in [0.15, 0.2) is 24.3 Å². The van der Waals surface area contributed by atoms with E-state index in [9.17, 15) is 9.59 Å². The lowest BCUT2D eigenvalue weighted by molar-refractivity contribution is -0.695. The number of benzene rings is 1. The van der Waals surface area contributed by atoms with Crippen LogP contribution in [0.3, 0.4) is 0 Å². The maximum absolute atomic E-state index is 12.4. The van der Waals surface area contributed by atoms with Gasteiger partial charge in [0, 0.05) is 25.1 Å². The van der Waals surface area contributed by atoms with Crippen molar-refractivity contribution in [1.82, 2.24) is 10.6 Å². The number of carbonyl (C=O) groups excluding carboxylic acids is 2. The molecular weight excluding hydrogens is 306 g/mol. The molecule has 0 saturated carbocycles. The average Bonchev–Trinajstić information content (AvgIpc) is 3.12. The summed E-state index contributed by atoms with van der Waals surface area (Å²) in [7, 11) is 0. The summed E-state index contributed by atoms with van der Waals surface area (Å²) in [6.45, 7) is 3.81. The first kappa shape index (κ1) is 16.9. The molecule has 0 unspecified atom stereocenters. The van der Waals surface area contributed by atoms with Crippen molar-refractivity contribution in [2.45, 2.75) is 50.9 Å². The molecule has 0 aliphatic carbocycles. The quantitative estimate of drug-likeness (QED) is 0.678. The topological polar surface area (TPSA) is 84.0 Å². The van der Waals surface area contributed by atoms with Crippen molar-refractivity contribution in [3.63, 3.8) is 0 Å². The smallest absolute Gasteiger partial charge is 0.279 e. The third kappa shape index (κ3) is 4.13. The summed E-state index contributed by atoms with van der Waals surface area (Å²) in [6, 6.07) is 7.48. The van der Waals surface area contributed by atoms with Gasteiger partial charge < -0.3 is 20.7 Å². The van der Waals surface area contributed by atoms with E-state index in [0.29, 0.717) is 13.0 Å². The maximum Gasteiger partial charge on any atom is 0.279 e. The predicted molar refractivity (Wildman–Crippen MR) is 89.2 cm³/mol. The Morgan fingerprint density at radius 2 is 2.12 bits per heavy atom. The summed E-state index contributed by atoms with van der Waals surface area (Å²) >= 11 is 0. The lowest BCUT2D eigenvalue weighted by atomic mass is 9.95. The molecular formula is C18H26N3O3+. The van der Waals surface area contributed by atoms with Crippen molar-refractivity contribution >= 4 is 11.8 Å². The molecule has 1 saturated heterocycles. The number of rotatable bonds is 5. The van der Waals surface area contributed by atoms with Crippen LogP contribution in [-0.2, 0) is 27.3 Å². The Bertz CT molecular complexity index is 599. The molecule has 1 fully saturated rings. The first-order valence-electron chi connectivity index (χ1n) is 8.73. The van der Waals surface area contributed by atoms with Gasteiger partial charge in [-0.05, 0) is 25.3 Å². The second-order valence-electron chi connectivity index (χ2n) is 6.63. The van der Waals surface area contributed by atoms with Crippen LogP contribution >= 0.6 is 0 Å². The standard InChI is InChI=1S/C18H25N3O3/c1-12(17(22)20-11-15-7-4-8-24-15)21-18(23)16-9-13-5-2-3-6-14(13)10-19-16/h2-3,5-6,12,15-16,19H,4,7-11H2,1H3,(H,20,22)(H,21,23)/p+1/t12-,15-,16-/m0/s1. The Morgan fingerprint density at radius 3 is 2.88 bits per heavy atom. The van der Waals surface area contributed by atoms with Crippen molar-refractivity contribution in [3.05, 3.63) is 35.4 Å². The van der Waals surface area contributed by atoms with E-state index in [-0.39, 0.29) is 24.0 Å². The SMILES string of the molecule is C[C@H](NC(=O)[C@@H]1Cc2ccccc2C[NH2+]1)C(=O)NC[C@@H]1CCCO1. The summed E-state index contributed by atoms with van der Waals surface area (Å²) in [5.74, 6) is -0.237. The van der Waals surface area contributed by atoms with Crippen molar-refractivity contribution in [2.75, 3.05) is 13.2 Å². The zero-order valence-corrected chi connectivity index (χ0v) is 14.1. The summed E-state index contributed by atoms with van der Waals surface area (Å²) in [5.41, 5.74) is 2.50. The summed E-state index contributed by atoms with van der Waals surface area (Å²) in [5, 5.41) is 7.73. The fourth-order valence-corrected chi connectivity index (χ4v) is 3.30. The van der Waals surface area contributed by atoms with Crippen molar-refractivity contribution in [1.29, 1.82) is 0 Å². The van der Waals surface area contributed by atoms with Gasteiger partial charge in [-0.1, -0.05) is 24.3 Å². The number of hydrogen-bond donors (Lipinski definition) is 3. The van der Waals surface area contributed by atoms with Crippen LogP contribution in [0, 0.1) is 0 Å². The molecule has 2 amide bonds. The van der Waals surface area contributed by atoms with E-state index in [4.69, 9.17) is 4.74 Å². The van der Waals surface area contributed by atoms with Crippen molar-refractivity contribution in [2.24, 2.45) is 0 Å². The number of carbonyl (C=O) groups is 2. The monoisotopic (exact) mass is 332 g/mol. The summed E-state index contributed by atoms with van der Waals surface area (Å²) < 4.78 is 5.49. The Morgan fingerprint density at radius 1 is 1.33 bits per heavy atom. The largest absolute Gasteiger partial charge is 0.376 e. The molecule has 0 spiro atoms. The van der Waals surface area contributed by atoms with Crippen LogP contribution in [0.5, 0.6) is 0 Å². The Balaban J connectivity index is 1.46. The van der Waals surface area contributed by atoms with E-state index >= 15 is 0 Å². The number of quaternary nitrogens is 1. The van der Waals surface area contributed by atoms with Crippen LogP contribution < -0.4 is 16.0 Å². The molecule has 0 aromatic heterocycles. The predicted octanol–water partition coefficient (Wildman–Crippen LogP) is -0.525. The van der Waals surface area contributed by atoms with Gasteiger partial charge in [-0.25, -0.2) is 0 Å². The molecule has 2 heterocycles. The molecule has 0 bridgehead atoms. The molecule has 3 rings (SSSR count). The normalized spacial score (nSPS) is 24.0. The summed E-state index contributed by atoms with van der Waals surface area (Å²) in [4.78, 5) is 24.6. The Hall–Kier alpha value is -1.92. The van der Waals surface area contributed by atoms with Crippen LogP contribution in [0.2, 0.25) is 0 Å². The molecule has 6 nitrogen and oxygen atoms in total. The first-order valence-corrected chi connectivity index (χ1v) is 8.73. The fraction of sp³-hybridized carbons (Fsp3) is 0.556. The molecule has 2 aliphatic rings. The molecule has 6 heteroatoms. The highest BCUT2D eigenvalue weighted by atomic mass is 16.5. The number of nitrogens with one attached hydrogen (secondary N) is 2. The number of fused-ring (bicyclic) bond motifs is 1. The third-order valence-corrected chi connectivity index (χ3v) is 4.80. The number of amides is 2. The van der Waals surface area contributed by atoms with Gasteiger partial charge in [0.25, 0.3) is 5.91 Å². The molecule has 24 heavy (non-hydrogen) atoms. The molecule has 0 radical (unpaired) electrons. The Labute approximate surface area is 142 Å². The van der Waals surface area contributed by atoms with E-state index < -0.39 is 6.04 Å². The van der Waals surface area contributed by atoms with Crippen LogP contribution in [0.1, 0.15) is 30.9 Å². The van der Waals surface area contributed by atoms with Gasteiger partial charge in [0.2, 0.25) is 5.91 Å². The van der Waals surface area contributed by atoms with Gasteiger partial charge in [0.1, 0.15) is 12.6 Å². The zero-order valence-electron chi connectivity index (χ0n) is 14.1. The highest BCUT2D eigenvalue weighted by Gasteiger charge is 2.29. The van der Waals surface area contributed by atoms with Crippen molar-refractivity contribution in [3.8, 4) is 0 Å². The second-order valence-corrected chi connectivity index (χ2v) is 6.63. The number of ether oxygens (including phenoxy) is 1. The number of nitrogens with two attached hydrogens (primary N) is 1. The van der Waals surface area contributed by atoms with Gasteiger partial charge in [0.05, 0.1) is 6.10 Å². The second kappa shape index (κ2) is 7.77. The number of hydrogen-bond acceptors (Lipinski definition) is 3. The maximum atomic E-state index is 12.4. The van der Waals surface area contributed by atoms with Crippen LogP contribution in [0.25, 0.3) is 0 Å². The molecule has 3 atom stereocenters. The van der Waals surface area contributed by atoms with E-state index in [1.54, 1.807) is 6.92 Å². The minimum Gasteiger partial charge on any atom is -0.376 e. The van der Waals surface area contributed by atoms with E-state index in [2.05, 4.69) is 22.8 Å². The fourth-order valence-electron chi connectivity index (χ4n) is 3.30. The van der Waals surface area contributed by atoms with Gasteiger partial charge in [-0.3, -0.25) is 9.59 Å². The first-order chi connectivity index (χ1) is 11.6. The molecule has 2 aliphatic heterocycles. The lowest BCUT2D eigenvalue weighted by Crippen LogP contribution is -2.93.